The van der Waals surface area contributed by atoms with Crippen molar-refractivity contribution in [1.29, 1.82) is 0 Å². The van der Waals surface area contributed by atoms with E-state index in [1.54, 1.807) is 0 Å². The lowest BCUT2D eigenvalue weighted by atomic mass is 10.1. The van der Waals surface area contributed by atoms with Crippen molar-refractivity contribution in [1.82, 2.24) is 15.1 Å². The lowest BCUT2D eigenvalue weighted by Gasteiger charge is -2.25. The number of likely N-dealkylation sites (N-methyl/N-ethyl adjacent to an activating group) is 2. The van der Waals surface area contributed by atoms with Crippen LogP contribution in [0.25, 0.3) is 0 Å². The predicted octanol–water partition coefficient (Wildman–Crippen LogP) is 2.57. The number of guanidine groups is 1. The lowest BCUT2D eigenvalue weighted by molar-refractivity contribution is -0.131. The summed E-state index contributed by atoms with van der Waals surface area (Å²) >= 11 is 0. The third-order valence-electron chi connectivity index (χ3n) is 4.12. The van der Waals surface area contributed by atoms with Gasteiger partial charge in [-0.3, -0.25) is 14.6 Å². The van der Waals surface area contributed by atoms with Crippen molar-refractivity contribution in [3.05, 3.63) is 29.8 Å². The van der Waals surface area contributed by atoms with Crippen molar-refractivity contribution in [3.8, 4) is 0 Å². The van der Waals surface area contributed by atoms with Gasteiger partial charge in [-0.25, -0.2) is 0 Å². The molecule has 0 bridgehead atoms. The third-order valence-corrected chi connectivity index (χ3v) is 4.12. The van der Waals surface area contributed by atoms with E-state index in [1.807, 2.05) is 61.9 Å². The second kappa shape index (κ2) is 14.2. The van der Waals surface area contributed by atoms with Crippen LogP contribution in [0.4, 0.5) is 5.69 Å². The summed E-state index contributed by atoms with van der Waals surface area (Å²) in [6.45, 7) is 10.6. The molecular formula is C20H34IN5O2. The second-order valence-electron chi connectivity index (χ2n) is 6.29. The lowest BCUT2D eigenvalue weighted by Crippen LogP contribution is -2.45. The van der Waals surface area contributed by atoms with Crippen molar-refractivity contribution in [3.63, 3.8) is 0 Å². The summed E-state index contributed by atoms with van der Waals surface area (Å²) in [6.07, 6.45) is 0.785. The SMILES string of the molecule is CCNC(=NCCc1ccc(NC(C)=O)cc1)N(C)CC(=O)N(CC)CC.I. The standard InChI is InChI=1S/C20H33N5O2.HI/c1-6-21-20(24(5)15-19(27)25(7-2)8-3)22-14-13-17-9-11-18(12-10-17)23-16(4)26;/h9-12H,6-8,13-15H2,1-5H3,(H,21,22)(H,23,26);1H. The van der Waals surface area contributed by atoms with Gasteiger partial charge in [0.1, 0.15) is 0 Å². The highest BCUT2D eigenvalue weighted by atomic mass is 127. The summed E-state index contributed by atoms with van der Waals surface area (Å²) in [5.74, 6) is 0.750. The zero-order valence-corrected chi connectivity index (χ0v) is 19.9. The largest absolute Gasteiger partial charge is 0.357 e. The summed E-state index contributed by atoms with van der Waals surface area (Å²) in [4.78, 5) is 31.7. The Bertz CT molecular complexity index is 630. The Kier molecular flexibility index (Phi) is 13.3. The van der Waals surface area contributed by atoms with Gasteiger partial charge in [-0.2, -0.15) is 0 Å². The molecule has 0 spiro atoms. The number of halogens is 1. The Morgan fingerprint density at radius 2 is 1.68 bits per heavy atom. The van der Waals surface area contributed by atoms with E-state index in [1.165, 1.54) is 6.92 Å². The van der Waals surface area contributed by atoms with E-state index in [0.717, 1.165) is 30.2 Å². The summed E-state index contributed by atoms with van der Waals surface area (Å²) < 4.78 is 0. The van der Waals surface area contributed by atoms with Crippen LogP contribution in [0.15, 0.2) is 29.3 Å². The third kappa shape index (κ3) is 9.38. The molecular weight excluding hydrogens is 469 g/mol. The molecule has 158 valence electrons. The minimum atomic E-state index is -0.0788. The van der Waals surface area contributed by atoms with Crippen molar-refractivity contribution < 1.29 is 9.59 Å². The van der Waals surface area contributed by atoms with Gasteiger partial charge >= 0.3 is 0 Å². The highest BCUT2D eigenvalue weighted by Crippen LogP contribution is 2.10. The molecule has 0 atom stereocenters. The molecule has 0 radical (unpaired) electrons. The van der Waals surface area contributed by atoms with Gasteiger partial charge in [0.2, 0.25) is 11.8 Å². The number of benzene rings is 1. The summed E-state index contributed by atoms with van der Waals surface area (Å²) in [7, 11) is 1.88. The highest BCUT2D eigenvalue weighted by Gasteiger charge is 2.14. The maximum atomic E-state index is 12.3. The van der Waals surface area contributed by atoms with E-state index < -0.39 is 0 Å². The van der Waals surface area contributed by atoms with Gasteiger partial charge in [0.05, 0.1) is 6.54 Å². The first-order valence-corrected chi connectivity index (χ1v) is 9.54. The van der Waals surface area contributed by atoms with Gasteiger partial charge in [0.15, 0.2) is 5.96 Å². The number of aliphatic imine (C=N–C) groups is 1. The first-order valence-electron chi connectivity index (χ1n) is 9.54. The second-order valence-corrected chi connectivity index (χ2v) is 6.29. The maximum absolute atomic E-state index is 12.3. The Hall–Kier alpha value is -1.84. The van der Waals surface area contributed by atoms with E-state index in [0.29, 0.717) is 26.2 Å². The van der Waals surface area contributed by atoms with Crippen molar-refractivity contribution in [2.45, 2.75) is 34.1 Å². The molecule has 0 aliphatic heterocycles. The molecule has 1 aromatic carbocycles. The van der Waals surface area contributed by atoms with Crippen LogP contribution in [0.2, 0.25) is 0 Å². The molecule has 2 amide bonds. The number of carbonyl (C=O) groups excluding carboxylic acids is 2. The fraction of sp³-hybridized carbons (Fsp3) is 0.550. The van der Waals surface area contributed by atoms with Crippen LogP contribution in [0, 0.1) is 0 Å². The van der Waals surface area contributed by atoms with Gasteiger partial charge in [-0.05, 0) is 44.9 Å². The van der Waals surface area contributed by atoms with Crippen LogP contribution in [-0.4, -0.2) is 67.3 Å². The molecule has 1 aromatic rings. The molecule has 0 saturated heterocycles. The number of nitrogens with one attached hydrogen (secondary N) is 2. The number of rotatable bonds is 9. The minimum Gasteiger partial charge on any atom is -0.357 e. The monoisotopic (exact) mass is 503 g/mol. The van der Waals surface area contributed by atoms with Crippen LogP contribution in [0.1, 0.15) is 33.3 Å². The molecule has 0 fully saturated rings. The van der Waals surface area contributed by atoms with Gasteiger partial charge in [0.25, 0.3) is 0 Å². The summed E-state index contributed by atoms with van der Waals surface area (Å²) in [5.41, 5.74) is 1.93. The maximum Gasteiger partial charge on any atom is 0.242 e. The molecule has 28 heavy (non-hydrogen) atoms. The van der Waals surface area contributed by atoms with Gasteiger partial charge in [0, 0.05) is 45.8 Å². The van der Waals surface area contributed by atoms with Crippen molar-refractivity contribution in [2.75, 3.05) is 45.1 Å². The van der Waals surface area contributed by atoms with Crippen LogP contribution in [0.3, 0.4) is 0 Å². The normalized spacial score (nSPS) is 10.7. The number of nitrogens with zero attached hydrogens (tertiary/aromatic N) is 3. The van der Waals surface area contributed by atoms with E-state index in [9.17, 15) is 9.59 Å². The van der Waals surface area contributed by atoms with E-state index in [4.69, 9.17) is 0 Å². The molecule has 1 rings (SSSR count). The molecule has 0 aliphatic rings. The van der Waals surface area contributed by atoms with E-state index in [-0.39, 0.29) is 35.8 Å². The van der Waals surface area contributed by atoms with Gasteiger partial charge in [-0.1, -0.05) is 12.1 Å². The van der Waals surface area contributed by atoms with Gasteiger partial charge < -0.3 is 20.4 Å². The molecule has 0 aromatic heterocycles. The molecule has 2 N–H and O–H groups in total. The molecule has 0 aliphatic carbocycles. The summed E-state index contributed by atoms with van der Waals surface area (Å²) in [5, 5.41) is 5.99. The van der Waals surface area contributed by atoms with E-state index in [2.05, 4.69) is 15.6 Å². The van der Waals surface area contributed by atoms with Crippen LogP contribution >= 0.6 is 24.0 Å². The molecule has 0 saturated carbocycles. The first-order chi connectivity index (χ1) is 12.9. The number of hydrogen-bond acceptors (Lipinski definition) is 3. The molecule has 8 heteroatoms. The first kappa shape index (κ1) is 26.2. The topological polar surface area (TPSA) is 77.0 Å². The van der Waals surface area contributed by atoms with Gasteiger partial charge in [-0.15, -0.1) is 24.0 Å². The Morgan fingerprint density at radius 1 is 1.07 bits per heavy atom. The molecule has 0 unspecified atom stereocenters. The number of carbonyl (C=O) groups is 2. The molecule has 0 heterocycles. The smallest absolute Gasteiger partial charge is 0.242 e. The average Bonchev–Trinajstić information content (AvgIpc) is 2.63. The quantitative estimate of drug-likeness (QED) is 0.309. The van der Waals surface area contributed by atoms with Crippen LogP contribution in [0.5, 0.6) is 0 Å². The Morgan fingerprint density at radius 3 is 2.18 bits per heavy atom. The van der Waals surface area contributed by atoms with Crippen molar-refractivity contribution in [2.24, 2.45) is 4.99 Å². The fourth-order valence-electron chi connectivity index (χ4n) is 2.67. The minimum absolute atomic E-state index is 0. The van der Waals surface area contributed by atoms with E-state index >= 15 is 0 Å². The zero-order chi connectivity index (χ0) is 20.2. The predicted molar refractivity (Wildman–Crippen MR) is 126 cm³/mol. The zero-order valence-electron chi connectivity index (χ0n) is 17.6. The van der Waals surface area contributed by atoms with Crippen LogP contribution in [-0.2, 0) is 16.0 Å². The molecule has 7 nitrogen and oxygen atoms in total. The number of hydrogen-bond donors (Lipinski definition) is 2. The number of amides is 2. The fourth-order valence-corrected chi connectivity index (χ4v) is 2.67. The Labute approximate surface area is 186 Å². The highest BCUT2D eigenvalue weighted by molar-refractivity contribution is 14.0. The van der Waals surface area contributed by atoms with Crippen LogP contribution < -0.4 is 10.6 Å². The Balaban J connectivity index is 0.00000729. The average molecular weight is 503 g/mol. The summed E-state index contributed by atoms with van der Waals surface area (Å²) in [6, 6.07) is 7.75. The van der Waals surface area contributed by atoms with Crippen molar-refractivity contribution >= 4 is 47.4 Å². The number of anilines is 1.